The van der Waals surface area contributed by atoms with Crippen molar-refractivity contribution in [2.75, 3.05) is 12.0 Å². The van der Waals surface area contributed by atoms with Crippen LogP contribution in [0.1, 0.15) is 15.4 Å². The Hall–Kier alpha value is -4.10. The third kappa shape index (κ3) is 4.38. The summed E-state index contributed by atoms with van der Waals surface area (Å²) in [5, 5.41) is 0. The van der Waals surface area contributed by atoms with Crippen molar-refractivity contribution in [2.45, 2.75) is 6.54 Å². The van der Waals surface area contributed by atoms with E-state index in [-0.39, 0.29) is 17.9 Å². The van der Waals surface area contributed by atoms with E-state index in [0.717, 1.165) is 21.1 Å². The predicted molar refractivity (Wildman–Crippen MR) is 133 cm³/mol. The van der Waals surface area contributed by atoms with E-state index in [2.05, 4.69) is 9.97 Å². The monoisotopic (exact) mass is 469 g/mol. The molecule has 5 rings (SSSR count). The molecule has 5 nitrogen and oxygen atoms in total. The zero-order valence-electron chi connectivity index (χ0n) is 18.3. The van der Waals surface area contributed by atoms with Crippen LogP contribution >= 0.6 is 11.3 Å². The van der Waals surface area contributed by atoms with Crippen molar-refractivity contribution >= 4 is 34.0 Å². The Labute approximate surface area is 200 Å². The minimum atomic E-state index is -0.475. The highest BCUT2D eigenvalue weighted by atomic mass is 32.1. The van der Waals surface area contributed by atoms with E-state index in [1.807, 2.05) is 54.6 Å². The number of methoxy groups -OCH3 is 1. The SMILES string of the molecule is COc1ccc(-c2ccc(CN(C(=O)c3cnc4ccccc4n3)c3ccccc3F)s2)cc1. The van der Waals surface area contributed by atoms with Gasteiger partial charge in [0.2, 0.25) is 0 Å². The van der Waals surface area contributed by atoms with E-state index in [1.165, 1.54) is 17.2 Å². The molecule has 0 bridgehead atoms. The van der Waals surface area contributed by atoms with Gasteiger partial charge in [0.05, 0.1) is 36.6 Å². The Morgan fingerprint density at radius 2 is 1.68 bits per heavy atom. The number of rotatable bonds is 6. The summed E-state index contributed by atoms with van der Waals surface area (Å²) >= 11 is 1.55. The first-order valence-electron chi connectivity index (χ1n) is 10.6. The maximum Gasteiger partial charge on any atom is 0.278 e. The lowest BCUT2D eigenvalue weighted by Gasteiger charge is -2.22. The number of hydrogen-bond acceptors (Lipinski definition) is 5. The number of hydrogen-bond donors (Lipinski definition) is 0. The second kappa shape index (κ2) is 9.41. The van der Waals surface area contributed by atoms with E-state index >= 15 is 0 Å². The molecule has 0 N–H and O–H groups in total. The van der Waals surface area contributed by atoms with Crippen LogP contribution in [0.15, 0.2) is 91.1 Å². The number of halogens is 1. The Kier molecular flexibility index (Phi) is 6.01. The molecule has 0 spiro atoms. The maximum atomic E-state index is 14.8. The van der Waals surface area contributed by atoms with Crippen molar-refractivity contribution < 1.29 is 13.9 Å². The van der Waals surface area contributed by atoms with Crippen LogP contribution in [0.25, 0.3) is 21.5 Å². The number of carbonyl (C=O) groups excluding carboxylic acids is 1. The lowest BCUT2D eigenvalue weighted by atomic mass is 10.2. The average Bonchev–Trinajstić information content (AvgIpc) is 3.36. The summed E-state index contributed by atoms with van der Waals surface area (Å²) in [7, 11) is 1.63. The Morgan fingerprint density at radius 1 is 0.941 bits per heavy atom. The standard InChI is InChI=1S/C27H20FN3O2S/c1-33-19-12-10-18(11-13-19)26-15-14-20(34-26)17-31(25-9-5-2-6-21(25)28)27(32)24-16-29-22-7-3-4-8-23(22)30-24/h2-16H,17H2,1H3. The molecule has 0 saturated heterocycles. The molecule has 1 amide bonds. The summed E-state index contributed by atoms with van der Waals surface area (Å²) in [6, 6.07) is 25.3. The molecule has 0 aliphatic rings. The van der Waals surface area contributed by atoms with Gasteiger partial charge in [-0.1, -0.05) is 24.3 Å². The van der Waals surface area contributed by atoms with Crippen LogP contribution in [0.4, 0.5) is 10.1 Å². The van der Waals surface area contributed by atoms with Crippen LogP contribution in [0.2, 0.25) is 0 Å². The molecule has 34 heavy (non-hydrogen) atoms. The third-order valence-electron chi connectivity index (χ3n) is 5.41. The maximum absolute atomic E-state index is 14.8. The molecular weight excluding hydrogens is 449 g/mol. The van der Waals surface area contributed by atoms with Crippen molar-refractivity contribution in [1.29, 1.82) is 0 Å². The topological polar surface area (TPSA) is 55.3 Å². The van der Waals surface area contributed by atoms with Crippen LogP contribution < -0.4 is 9.64 Å². The minimum Gasteiger partial charge on any atom is -0.497 e. The molecule has 0 aliphatic carbocycles. The highest BCUT2D eigenvalue weighted by molar-refractivity contribution is 7.15. The molecule has 0 radical (unpaired) electrons. The number of nitrogens with zero attached hydrogens (tertiary/aromatic N) is 3. The number of ether oxygens (including phenoxy) is 1. The predicted octanol–water partition coefficient (Wildman–Crippen LogP) is 6.35. The van der Waals surface area contributed by atoms with Crippen LogP contribution in [0.3, 0.4) is 0 Å². The van der Waals surface area contributed by atoms with Gasteiger partial charge in [0.15, 0.2) is 0 Å². The zero-order valence-corrected chi connectivity index (χ0v) is 19.1. The van der Waals surface area contributed by atoms with E-state index in [4.69, 9.17) is 4.74 Å². The van der Waals surface area contributed by atoms with Gasteiger partial charge in [-0.3, -0.25) is 14.7 Å². The van der Waals surface area contributed by atoms with Gasteiger partial charge < -0.3 is 4.74 Å². The molecule has 168 valence electrons. The minimum absolute atomic E-state index is 0.161. The van der Waals surface area contributed by atoms with Gasteiger partial charge >= 0.3 is 0 Å². The van der Waals surface area contributed by atoms with E-state index in [9.17, 15) is 9.18 Å². The normalized spacial score (nSPS) is 10.9. The lowest BCUT2D eigenvalue weighted by molar-refractivity contribution is 0.0979. The van der Waals surface area contributed by atoms with E-state index in [0.29, 0.717) is 11.0 Å². The third-order valence-corrected chi connectivity index (χ3v) is 6.53. The number of amides is 1. The molecule has 5 aromatic rings. The van der Waals surface area contributed by atoms with Gasteiger partial charge in [-0.25, -0.2) is 9.37 Å². The number of fused-ring (bicyclic) bond motifs is 1. The van der Waals surface area contributed by atoms with Crippen molar-refractivity contribution in [2.24, 2.45) is 0 Å². The molecule has 2 heterocycles. The highest BCUT2D eigenvalue weighted by Gasteiger charge is 2.23. The van der Waals surface area contributed by atoms with Crippen LogP contribution in [-0.4, -0.2) is 23.0 Å². The number of thiophene rings is 1. The first-order valence-corrected chi connectivity index (χ1v) is 11.5. The fourth-order valence-corrected chi connectivity index (χ4v) is 4.67. The van der Waals surface area contributed by atoms with Gasteiger partial charge in [-0.05, 0) is 66.2 Å². The van der Waals surface area contributed by atoms with Crippen molar-refractivity contribution in [3.8, 4) is 16.2 Å². The largest absolute Gasteiger partial charge is 0.497 e. The average molecular weight is 470 g/mol. The van der Waals surface area contributed by atoms with E-state index in [1.54, 1.807) is 42.7 Å². The Bertz CT molecular complexity index is 1470. The highest BCUT2D eigenvalue weighted by Crippen LogP contribution is 2.32. The van der Waals surface area contributed by atoms with Crippen LogP contribution in [-0.2, 0) is 6.54 Å². The fourth-order valence-electron chi connectivity index (χ4n) is 3.66. The summed E-state index contributed by atoms with van der Waals surface area (Å²) in [6.07, 6.45) is 1.44. The molecule has 7 heteroatoms. The molecule has 0 unspecified atom stereocenters. The molecular formula is C27H20FN3O2S. The van der Waals surface area contributed by atoms with Gasteiger partial charge in [0.1, 0.15) is 17.3 Å². The van der Waals surface area contributed by atoms with Crippen molar-refractivity contribution in [3.63, 3.8) is 0 Å². The fraction of sp³-hybridized carbons (Fsp3) is 0.0741. The molecule has 0 fully saturated rings. The molecule has 0 saturated carbocycles. The van der Waals surface area contributed by atoms with Crippen molar-refractivity contribution in [1.82, 2.24) is 9.97 Å². The number of carbonyl (C=O) groups is 1. The summed E-state index contributed by atoms with van der Waals surface area (Å²) in [4.78, 5) is 25.7. The Balaban J connectivity index is 1.49. The molecule has 0 atom stereocenters. The lowest BCUT2D eigenvalue weighted by Crippen LogP contribution is -2.31. The second-order valence-electron chi connectivity index (χ2n) is 7.58. The molecule has 0 aliphatic heterocycles. The number of benzene rings is 3. The summed E-state index contributed by atoms with van der Waals surface area (Å²) < 4.78 is 20.0. The number of para-hydroxylation sites is 3. The van der Waals surface area contributed by atoms with Gasteiger partial charge in [-0.15, -0.1) is 11.3 Å². The quantitative estimate of drug-likeness (QED) is 0.291. The second-order valence-corrected chi connectivity index (χ2v) is 8.75. The molecule has 2 aromatic heterocycles. The first-order chi connectivity index (χ1) is 16.6. The summed E-state index contributed by atoms with van der Waals surface area (Å²) in [5.74, 6) is -0.104. The van der Waals surface area contributed by atoms with Gasteiger partial charge in [0, 0.05) is 9.75 Å². The Morgan fingerprint density at radius 3 is 2.44 bits per heavy atom. The van der Waals surface area contributed by atoms with Crippen molar-refractivity contribution in [3.05, 3.63) is 108 Å². The van der Waals surface area contributed by atoms with Crippen LogP contribution in [0, 0.1) is 5.82 Å². The summed E-state index contributed by atoms with van der Waals surface area (Å²) in [6.45, 7) is 0.203. The smallest absolute Gasteiger partial charge is 0.278 e. The van der Waals surface area contributed by atoms with Gasteiger partial charge in [0.25, 0.3) is 5.91 Å². The first kappa shape index (κ1) is 21.7. The number of aromatic nitrogens is 2. The van der Waals surface area contributed by atoms with Gasteiger partial charge in [-0.2, -0.15) is 0 Å². The molecule has 3 aromatic carbocycles. The summed E-state index contributed by atoms with van der Waals surface area (Å²) in [5.41, 5.74) is 2.70. The zero-order chi connectivity index (χ0) is 23.5. The van der Waals surface area contributed by atoms with E-state index < -0.39 is 11.7 Å². The number of anilines is 1. The van der Waals surface area contributed by atoms with Crippen LogP contribution in [0.5, 0.6) is 5.75 Å².